The lowest BCUT2D eigenvalue weighted by Crippen LogP contribution is -2.26. The van der Waals surface area contributed by atoms with Gasteiger partial charge in [0.25, 0.3) is 0 Å². The fraction of sp³-hybridized carbons (Fsp3) is 0.750. The Hall–Kier alpha value is -0.450. The van der Waals surface area contributed by atoms with E-state index >= 15 is 0 Å². The number of aromatic nitrogens is 1. The maximum atomic E-state index is 5.89. The van der Waals surface area contributed by atoms with Crippen LogP contribution in [0.15, 0.2) is 5.38 Å². The van der Waals surface area contributed by atoms with Crippen molar-refractivity contribution in [2.75, 3.05) is 13.1 Å². The summed E-state index contributed by atoms with van der Waals surface area (Å²) in [5.74, 6) is 0. The van der Waals surface area contributed by atoms with Crippen LogP contribution in [0.1, 0.15) is 37.9 Å². The summed E-state index contributed by atoms with van der Waals surface area (Å²) in [6.07, 6.45) is 1.12. The van der Waals surface area contributed by atoms with Gasteiger partial charge in [0, 0.05) is 36.5 Å². The summed E-state index contributed by atoms with van der Waals surface area (Å²) >= 11 is 1.77. The average Bonchev–Trinajstić information content (AvgIpc) is 2.74. The third kappa shape index (κ3) is 2.81. The van der Waals surface area contributed by atoms with Gasteiger partial charge in [-0.25, -0.2) is 4.98 Å². The fourth-order valence-corrected chi connectivity index (χ4v) is 2.86. The van der Waals surface area contributed by atoms with Crippen molar-refractivity contribution in [2.45, 2.75) is 45.2 Å². The molecule has 0 amide bonds. The first-order valence-electron chi connectivity index (χ1n) is 5.88. The van der Waals surface area contributed by atoms with Crippen molar-refractivity contribution in [3.63, 3.8) is 0 Å². The van der Waals surface area contributed by atoms with Gasteiger partial charge < -0.3 is 5.73 Å². The van der Waals surface area contributed by atoms with E-state index in [0.29, 0.717) is 6.04 Å². The van der Waals surface area contributed by atoms with Crippen LogP contribution in [0.2, 0.25) is 0 Å². The number of thiazole rings is 1. The molecule has 90 valence electrons. The molecular weight excluding hydrogens is 218 g/mol. The second kappa shape index (κ2) is 4.43. The van der Waals surface area contributed by atoms with Gasteiger partial charge >= 0.3 is 0 Å². The van der Waals surface area contributed by atoms with Crippen LogP contribution in [-0.4, -0.2) is 29.0 Å². The Labute approximate surface area is 102 Å². The quantitative estimate of drug-likeness (QED) is 0.858. The lowest BCUT2D eigenvalue weighted by molar-refractivity contribution is 0.323. The molecule has 1 aliphatic heterocycles. The molecule has 0 bridgehead atoms. The van der Waals surface area contributed by atoms with E-state index in [9.17, 15) is 0 Å². The Balaban J connectivity index is 1.98. The predicted octanol–water partition coefficient (Wildman–Crippen LogP) is 1.97. The minimum absolute atomic E-state index is 0.171. The second-order valence-electron chi connectivity index (χ2n) is 5.68. The highest BCUT2D eigenvalue weighted by Gasteiger charge is 2.22. The van der Waals surface area contributed by atoms with E-state index in [2.05, 4.69) is 31.1 Å². The zero-order valence-electron chi connectivity index (χ0n) is 10.4. The van der Waals surface area contributed by atoms with E-state index in [1.54, 1.807) is 11.3 Å². The van der Waals surface area contributed by atoms with Crippen LogP contribution in [-0.2, 0) is 12.0 Å². The van der Waals surface area contributed by atoms with Gasteiger partial charge in [0.1, 0.15) is 0 Å². The van der Waals surface area contributed by atoms with Gasteiger partial charge in [-0.05, 0) is 6.42 Å². The Morgan fingerprint density at radius 3 is 2.81 bits per heavy atom. The van der Waals surface area contributed by atoms with Crippen LogP contribution in [0.25, 0.3) is 0 Å². The average molecular weight is 239 g/mol. The number of hydrogen-bond donors (Lipinski definition) is 1. The molecule has 2 heterocycles. The minimum Gasteiger partial charge on any atom is -0.326 e. The molecule has 2 N–H and O–H groups in total. The molecular formula is C12H21N3S. The number of nitrogens with zero attached hydrogens (tertiary/aromatic N) is 2. The van der Waals surface area contributed by atoms with E-state index < -0.39 is 0 Å². The van der Waals surface area contributed by atoms with Crippen LogP contribution in [0, 0.1) is 0 Å². The number of likely N-dealkylation sites (tertiary alicyclic amines) is 1. The highest BCUT2D eigenvalue weighted by Crippen LogP contribution is 2.26. The van der Waals surface area contributed by atoms with Crippen LogP contribution < -0.4 is 5.73 Å². The lowest BCUT2D eigenvalue weighted by Gasteiger charge is -2.15. The molecule has 2 rings (SSSR count). The second-order valence-corrected chi connectivity index (χ2v) is 6.54. The molecule has 0 radical (unpaired) electrons. The van der Waals surface area contributed by atoms with E-state index in [0.717, 1.165) is 26.1 Å². The van der Waals surface area contributed by atoms with Gasteiger partial charge in [0.15, 0.2) is 0 Å². The summed E-state index contributed by atoms with van der Waals surface area (Å²) in [7, 11) is 0. The van der Waals surface area contributed by atoms with Crippen LogP contribution >= 0.6 is 11.3 Å². The molecule has 1 unspecified atom stereocenters. The highest BCUT2D eigenvalue weighted by atomic mass is 32.1. The van der Waals surface area contributed by atoms with Crippen molar-refractivity contribution in [3.8, 4) is 0 Å². The molecule has 1 aromatic rings. The Bertz CT molecular complexity index is 353. The summed E-state index contributed by atoms with van der Waals surface area (Å²) in [5.41, 5.74) is 7.26. The van der Waals surface area contributed by atoms with Gasteiger partial charge in [-0.1, -0.05) is 20.8 Å². The normalized spacial score (nSPS) is 22.9. The molecule has 1 saturated heterocycles. The molecule has 0 saturated carbocycles. The van der Waals surface area contributed by atoms with Crippen molar-refractivity contribution >= 4 is 11.3 Å². The van der Waals surface area contributed by atoms with Gasteiger partial charge in [-0.15, -0.1) is 11.3 Å². The van der Waals surface area contributed by atoms with Crippen LogP contribution in [0.3, 0.4) is 0 Å². The van der Waals surface area contributed by atoms with Crippen molar-refractivity contribution in [1.82, 2.24) is 9.88 Å². The Morgan fingerprint density at radius 2 is 2.31 bits per heavy atom. The molecule has 1 aliphatic rings. The fourth-order valence-electron chi connectivity index (χ4n) is 1.96. The van der Waals surface area contributed by atoms with Crippen molar-refractivity contribution in [3.05, 3.63) is 16.1 Å². The smallest absolute Gasteiger partial charge is 0.0982 e. The molecule has 16 heavy (non-hydrogen) atoms. The predicted molar refractivity (Wildman–Crippen MR) is 68.7 cm³/mol. The first-order valence-corrected chi connectivity index (χ1v) is 6.76. The lowest BCUT2D eigenvalue weighted by atomic mass is 9.98. The number of nitrogens with two attached hydrogens (primary N) is 1. The van der Waals surface area contributed by atoms with E-state index in [1.165, 1.54) is 10.7 Å². The Kier molecular flexibility index (Phi) is 3.33. The summed E-state index contributed by atoms with van der Waals surface area (Å²) < 4.78 is 0. The van der Waals surface area contributed by atoms with E-state index in [-0.39, 0.29) is 5.41 Å². The highest BCUT2D eigenvalue weighted by molar-refractivity contribution is 7.09. The summed E-state index contributed by atoms with van der Waals surface area (Å²) in [4.78, 5) is 7.10. The topological polar surface area (TPSA) is 42.2 Å². The molecule has 1 atom stereocenters. The first-order chi connectivity index (χ1) is 7.45. The maximum absolute atomic E-state index is 5.89. The zero-order valence-corrected chi connectivity index (χ0v) is 11.2. The van der Waals surface area contributed by atoms with E-state index in [1.807, 2.05) is 0 Å². The summed E-state index contributed by atoms with van der Waals surface area (Å²) in [6, 6.07) is 0.362. The molecule has 0 aliphatic carbocycles. The number of rotatable bonds is 2. The Morgan fingerprint density at radius 1 is 1.56 bits per heavy atom. The van der Waals surface area contributed by atoms with E-state index in [4.69, 9.17) is 10.7 Å². The standard InChI is InChI=1S/C12H21N3S/c1-12(2,3)11-14-10(8-16-11)7-15-5-4-9(13)6-15/h8-9H,4-7,13H2,1-3H3. The number of hydrogen-bond acceptors (Lipinski definition) is 4. The molecule has 0 spiro atoms. The zero-order chi connectivity index (χ0) is 11.8. The molecule has 0 aromatic carbocycles. The van der Waals surface area contributed by atoms with Gasteiger partial charge in [-0.3, -0.25) is 4.90 Å². The molecule has 4 heteroatoms. The van der Waals surface area contributed by atoms with Gasteiger partial charge in [-0.2, -0.15) is 0 Å². The molecule has 1 fully saturated rings. The van der Waals surface area contributed by atoms with Crippen molar-refractivity contribution in [2.24, 2.45) is 5.73 Å². The third-order valence-electron chi connectivity index (χ3n) is 2.89. The third-order valence-corrected chi connectivity index (χ3v) is 4.20. The SMILES string of the molecule is CC(C)(C)c1nc(CN2CCC(N)C2)cs1. The van der Waals surface area contributed by atoms with Crippen molar-refractivity contribution in [1.29, 1.82) is 0 Å². The largest absolute Gasteiger partial charge is 0.326 e. The first kappa shape index (κ1) is 12.0. The molecule has 1 aromatic heterocycles. The monoisotopic (exact) mass is 239 g/mol. The molecule has 3 nitrogen and oxygen atoms in total. The van der Waals surface area contributed by atoms with Crippen molar-refractivity contribution < 1.29 is 0 Å². The minimum atomic E-state index is 0.171. The maximum Gasteiger partial charge on any atom is 0.0982 e. The van der Waals surface area contributed by atoms with Crippen LogP contribution in [0.4, 0.5) is 0 Å². The van der Waals surface area contributed by atoms with Gasteiger partial charge in [0.05, 0.1) is 10.7 Å². The van der Waals surface area contributed by atoms with Crippen LogP contribution in [0.5, 0.6) is 0 Å². The summed E-state index contributed by atoms with van der Waals surface area (Å²) in [5, 5.41) is 3.41. The van der Waals surface area contributed by atoms with Gasteiger partial charge in [0.2, 0.25) is 0 Å². The summed E-state index contributed by atoms with van der Waals surface area (Å²) in [6.45, 7) is 9.72.